The van der Waals surface area contributed by atoms with Gasteiger partial charge in [-0.25, -0.2) is 4.98 Å². The Morgan fingerprint density at radius 1 is 1.05 bits per heavy atom. The van der Waals surface area contributed by atoms with E-state index in [4.69, 9.17) is 4.98 Å². The van der Waals surface area contributed by atoms with Crippen molar-refractivity contribution < 1.29 is 4.79 Å². The zero-order chi connectivity index (χ0) is 25.5. The minimum absolute atomic E-state index is 0.154. The van der Waals surface area contributed by atoms with Crippen LogP contribution in [0.3, 0.4) is 0 Å². The number of hydrogen-bond acceptors (Lipinski definition) is 5. The van der Waals surface area contributed by atoms with Gasteiger partial charge in [-0.3, -0.25) is 14.7 Å². The number of thiazole rings is 1. The Morgan fingerprint density at radius 2 is 1.81 bits per heavy atom. The topological polar surface area (TPSA) is 58.1 Å². The second-order valence-corrected chi connectivity index (χ2v) is 10.3. The van der Waals surface area contributed by atoms with E-state index < -0.39 is 0 Å². The van der Waals surface area contributed by atoms with E-state index in [1.165, 1.54) is 11.1 Å². The van der Waals surface area contributed by atoms with Gasteiger partial charge in [0.05, 0.1) is 5.01 Å². The lowest BCUT2D eigenvalue weighted by atomic mass is 9.97. The molecule has 1 amide bonds. The maximum Gasteiger partial charge on any atom is 0.275 e. The first-order valence-electron chi connectivity index (χ1n) is 12.9. The van der Waals surface area contributed by atoms with Crippen LogP contribution in [0, 0.1) is 0 Å². The molecule has 1 aliphatic rings. The molecule has 0 bridgehead atoms. The lowest BCUT2D eigenvalue weighted by molar-refractivity contribution is 0.102. The van der Waals surface area contributed by atoms with Gasteiger partial charge in [0.15, 0.2) is 0 Å². The number of nitrogens with one attached hydrogen (secondary N) is 1. The molecule has 37 heavy (non-hydrogen) atoms. The monoisotopic (exact) mass is 508 g/mol. The largest absolute Gasteiger partial charge is 0.320 e. The molecule has 1 saturated heterocycles. The molecule has 1 aliphatic heterocycles. The minimum Gasteiger partial charge on any atom is -0.320 e. The normalized spacial score (nSPS) is 14.7. The third-order valence-electron chi connectivity index (χ3n) is 6.92. The molecule has 0 aliphatic carbocycles. The van der Waals surface area contributed by atoms with Crippen molar-refractivity contribution in [2.75, 3.05) is 25.0 Å². The van der Waals surface area contributed by atoms with Crippen LogP contribution in [0.4, 0.5) is 5.69 Å². The number of piperidine rings is 1. The standard InChI is InChI=1S/C31H32N4OS/c1-2-23-9-11-25(12-10-23)27-7-3-4-8-28(27)33-30(36)29-22-37-31(34-29)26-15-20-35(21-16-26)19-5-6-24-13-17-32-18-14-24/h3-14,17-18,22,26H,2,15-16,19-21H2,1H3,(H,33,36). The lowest BCUT2D eigenvalue weighted by Gasteiger charge is -2.30. The third kappa shape index (κ3) is 6.40. The summed E-state index contributed by atoms with van der Waals surface area (Å²) in [7, 11) is 0. The highest BCUT2D eigenvalue weighted by Gasteiger charge is 2.23. The molecule has 4 aromatic rings. The Kier molecular flexibility index (Phi) is 8.18. The van der Waals surface area contributed by atoms with Crippen molar-refractivity contribution in [1.82, 2.24) is 14.9 Å². The van der Waals surface area contributed by atoms with Crippen molar-refractivity contribution in [2.45, 2.75) is 32.1 Å². The molecule has 2 aromatic carbocycles. The van der Waals surface area contributed by atoms with Crippen molar-refractivity contribution in [3.8, 4) is 11.1 Å². The minimum atomic E-state index is -0.154. The predicted octanol–water partition coefficient (Wildman–Crippen LogP) is 6.91. The number of amides is 1. The molecule has 0 unspecified atom stereocenters. The number of pyridine rings is 1. The van der Waals surface area contributed by atoms with Crippen LogP contribution in [0.1, 0.15) is 52.3 Å². The summed E-state index contributed by atoms with van der Waals surface area (Å²) in [5, 5.41) is 6.07. The SMILES string of the molecule is CCc1ccc(-c2ccccc2NC(=O)c2csc(C3CCN(CC=Cc4ccncc4)CC3)n2)cc1. The fraction of sp³-hybridized carbons (Fsp3) is 0.258. The van der Waals surface area contributed by atoms with Gasteiger partial charge in [0.2, 0.25) is 0 Å². The average molecular weight is 509 g/mol. The molecule has 5 rings (SSSR count). The number of rotatable bonds is 8. The summed E-state index contributed by atoms with van der Waals surface area (Å²) in [6.07, 6.45) is 11.1. The number of carbonyl (C=O) groups is 1. The summed E-state index contributed by atoms with van der Waals surface area (Å²) < 4.78 is 0. The first kappa shape index (κ1) is 25.1. The Balaban J connectivity index is 1.17. The highest BCUT2D eigenvalue weighted by atomic mass is 32.1. The summed E-state index contributed by atoms with van der Waals surface area (Å²) in [5.41, 5.74) is 5.88. The predicted molar refractivity (Wildman–Crippen MR) is 153 cm³/mol. The van der Waals surface area contributed by atoms with Crippen molar-refractivity contribution in [2.24, 2.45) is 0 Å². The second-order valence-electron chi connectivity index (χ2n) is 9.38. The Hall–Kier alpha value is -3.61. The van der Waals surface area contributed by atoms with Gasteiger partial charge in [-0.05, 0) is 67.2 Å². The molecule has 6 heteroatoms. The number of aryl methyl sites for hydroxylation is 1. The van der Waals surface area contributed by atoms with Crippen molar-refractivity contribution >= 4 is 29.0 Å². The van der Waals surface area contributed by atoms with Gasteiger partial charge in [-0.2, -0.15) is 0 Å². The van der Waals surface area contributed by atoms with E-state index in [1.54, 1.807) is 11.3 Å². The highest BCUT2D eigenvalue weighted by molar-refractivity contribution is 7.10. The van der Waals surface area contributed by atoms with Crippen LogP contribution in [0.15, 0.2) is 84.5 Å². The van der Waals surface area contributed by atoms with Crippen LogP contribution in [-0.4, -0.2) is 40.4 Å². The zero-order valence-electron chi connectivity index (χ0n) is 21.1. The van der Waals surface area contributed by atoms with Crippen molar-refractivity contribution in [1.29, 1.82) is 0 Å². The van der Waals surface area contributed by atoms with E-state index in [0.29, 0.717) is 11.6 Å². The quantitative estimate of drug-likeness (QED) is 0.281. The summed E-state index contributed by atoms with van der Waals surface area (Å²) in [6, 6.07) is 20.5. The molecule has 0 atom stereocenters. The fourth-order valence-corrected chi connectivity index (χ4v) is 5.68. The van der Waals surface area contributed by atoms with Crippen LogP contribution in [0.5, 0.6) is 0 Å². The average Bonchev–Trinajstić information content (AvgIpc) is 3.45. The van der Waals surface area contributed by atoms with Crippen LogP contribution in [-0.2, 0) is 6.42 Å². The molecule has 0 spiro atoms. The fourth-order valence-electron chi connectivity index (χ4n) is 4.70. The Bertz CT molecular complexity index is 1340. The van der Waals surface area contributed by atoms with E-state index in [9.17, 15) is 4.79 Å². The van der Waals surface area contributed by atoms with Crippen LogP contribution >= 0.6 is 11.3 Å². The van der Waals surface area contributed by atoms with Crippen molar-refractivity contribution in [3.05, 3.63) is 106 Å². The van der Waals surface area contributed by atoms with Crippen LogP contribution in [0.25, 0.3) is 17.2 Å². The summed E-state index contributed by atoms with van der Waals surface area (Å²) in [6.45, 7) is 5.17. The first-order chi connectivity index (χ1) is 18.2. The molecular formula is C31H32N4OS. The molecule has 1 N–H and O–H groups in total. The lowest BCUT2D eigenvalue weighted by Crippen LogP contribution is -2.33. The maximum atomic E-state index is 13.1. The number of benzene rings is 2. The van der Waals surface area contributed by atoms with Gasteiger partial charge >= 0.3 is 0 Å². The molecule has 188 valence electrons. The number of anilines is 1. The smallest absolute Gasteiger partial charge is 0.275 e. The van der Waals surface area contributed by atoms with Gasteiger partial charge < -0.3 is 5.32 Å². The van der Waals surface area contributed by atoms with Crippen LogP contribution < -0.4 is 5.32 Å². The van der Waals surface area contributed by atoms with Crippen molar-refractivity contribution in [3.63, 3.8) is 0 Å². The van der Waals surface area contributed by atoms with E-state index in [-0.39, 0.29) is 5.91 Å². The maximum absolute atomic E-state index is 13.1. The third-order valence-corrected chi connectivity index (χ3v) is 7.93. The van der Waals surface area contributed by atoms with Gasteiger partial charge in [0, 0.05) is 41.5 Å². The van der Waals surface area contributed by atoms with E-state index in [2.05, 4.69) is 58.5 Å². The molecule has 1 fully saturated rings. The molecule has 3 heterocycles. The summed E-state index contributed by atoms with van der Waals surface area (Å²) in [5.74, 6) is 0.259. The summed E-state index contributed by atoms with van der Waals surface area (Å²) >= 11 is 1.61. The van der Waals surface area contributed by atoms with Gasteiger partial charge in [-0.15, -0.1) is 11.3 Å². The zero-order valence-corrected chi connectivity index (χ0v) is 22.0. The first-order valence-corrected chi connectivity index (χ1v) is 13.8. The number of hydrogen-bond donors (Lipinski definition) is 1. The van der Waals surface area contributed by atoms with E-state index in [1.807, 2.05) is 54.2 Å². The number of nitrogens with zero attached hydrogens (tertiary/aromatic N) is 3. The van der Waals surface area contributed by atoms with Crippen LogP contribution in [0.2, 0.25) is 0 Å². The summed E-state index contributed by atoms with van der Waals surface area (Å²) in [4.78, 5) is 24.4. The number of aromatic nitrogens is 2. The van der Waals surface area contributed by atoms with E-state index in [0.717, 1.165) is 60.7 Å². The highest BCUT2D eigenvalue weighted by Crippen LogP contribution is 2.32. The Labute approximate surface area is 222 Å². The molecular weight excluding hydrogens is 476 g/mol. The Morgan fingerprint density at radius 3 is 2.57 bits per heavy atom. The molecule has 0 saturated carbocycles. The van der Waals surface area contributed by atoms with Gasteiger partial charge in [0.1, 0.15) is 5.69 Å². The van der Waals surface area contributed by atoms with Gasteiger partial charge in [-0.1, -0.05) is 61.5 Å². The molecule has 0 radical (unpaired) electrons. The number of likely N-dealkylation sites (tertiary alicyclic amines) is 1. The molecule has 5 nitrogen and oxygen atoms in total. The second kappa shape index (κ2) is 12.1. The number of carbonyl (C=O) groups excluding carboxylic acids is 1. The van der Waals surface area contributed by atoms with Gasteiger partial charge in [0.25, 0.3) is 5.91 Å². The van der Waals surface area contributed by atoms with E-state index >= 15 is 0 Å². The number of para-hydroxylation sites is 1. The molecule has 2 aromatic heterocycles.